The molecule has 0 saturated carbocycles. The molecule has 0 saturated heterocycles. The number of aromatic nitrogens is 2. The van der Waals surface area contributed by atoms with Crippen LogP contribution >= 0.6 is 10.9 Å². The van der Waals surface area contributed by atoms with Gasteiger partial charge in [0.25, 0.3) is 0 Å². The van der Waals surface area contributed by atoms with Gasteiger partial charge in [-0.1, -0.05) is 35.4 Å². The van der Waals surface area contributed by atoms with Crippen molar-refractivity contribution in [2.24, 2.45) is 0 Å². The highest BCUT2D eigenvalue weighted by Gasteiger charge is 2.08. The third-order valence-electron chi connectivity index (χ3n) is 1.54. The summed E-state index contributed by atoms with van der Waals surface area (Å²) in [4.78, 5) is 0. The summed E-state index contributed by atoms with van der Waals surface area (Å²) in [6, 6.07) is 9.90. The van der Waals surface area contributed by atoms with Crippen molar-refractivity contribution in [2.45, 2.75) is 0 Å². The Morgan fingerprint density at radius 3 is 2.50 bits per heavy atom. The average Bonchev–Trinajstić information content (AvgIpc) is 2.54. The molecule has 4 heteroatoms. The Morgan fingerprint density at radius 2 is 1.92 bits per heavy atom. The summed E-state index contributed by atoms with van der Waals surface area (Å²) in [7, 11) is -0.507. The quantitative estimate of drug-likeness (QED) is 0.675. The van der Waals surface area contributed by atoms with Crippen molar-refractivity contribution in [3.63, 3.8) is 0 Å². The van der Waals surface area contributed by atoms with Gasteiger partial charge in [0.05, 0.1) is 4.49 Å². The molecule has 1 heterocycles. The third-order valence-corrected chi connectivity index (χ3v) is 2.28. The van der Waals surface area contributed by atoms with Crippen LogP contribution in [-0.2, 0) is 0 Å². The number of hydrogen-bond donors (Lipinski definition) is 1. The first-order valence-corrected chi connectivity index (χ1v) is 4.83. The van der Waals surface area contributed by atoms with E-state index in [2.05, 4.69) is 9.59 Å². The fourth-order valence-electron chi connectivity index (χ4n) is 0.987. The van der Waals surface area contributed by atoms with Crippen LogP contribution in [0.2, 0.25) is 0 Å². The standard InChI is InChI=1S/C8H7N3S/c9-12-6-8(10-11-12)7-4-2-1-3-5-7/h1-6,9H/p+1. The summed E-state index contributed by atoms with van der Waals surface area (Å²) in [5, 5.41) is 11.4. The van der Waals surface area contributed by atoms with Crippen LogP contribution in [0.15, 0.2) is 35.7 Å². The van der Waals surface area contributed by atoms with Crippen molar-refractivity contribution >= 4 is 10.9 Å². The predicted molar refractivity (Wildman–Crippen MR) is 50.1 cm³/mol. The van der Waals surface area contributed by atoms with E-state index < -0.39 is 10.9 Å². The summed E-state index contributed by atoms with van der Waals surface area (Å²) < 4.78 is 3.83. The topological polar surface area (TPSA) is 51.8 Å². The molecular weight excluding hydrogens is 170 g/mol. The zero-order valence-corrected chi connectivity index (χ0v) is 7.16. The smallest absolute Gasteiger partial charge is 0.107 e. The Balaban J connectivity index is 2.45. The van der Waals surface area contributed by atoms with Gasteiger partial charge in [0, 0.05) is 5.56 Å². The van der Waals surface area contributed by atoms with Gasteiger partial charge in [-0.2, -0.15) is 0 Å². The molecule has 0 aliphatic heterocycles. The number of nitrogens with two attached hydrogens (primary N) is 1. The number of hydrogen-bond acceptors (Lipinski definition) is 3. The monoisotopic (exact) mass is 178 g/mol. The first-order chi connectivity index (χ1) is 5.86. The molecule has 12 heavy (non-hydrogen) atoms. The fourth-order valence-corrected chi connectivity index (χ4v) is 1.63. The first-order valence-electron chi connectivity index (χ1n) is 3.53. The van der Waals surface area contributed by atoms with Crippen LogP contribution in [0.5, 0.6) is 0 Å². The van der Waals surface area contributed by atoms with E-state index in [0.29, 0.717) is 0 Å². The predicted octanol–water partition coefficient (Wildman–Crippen LogP) is 1.61. The maximum absolute atomic E-state index is 5.55. The molecular formula is C8H8N3S+. The van der Waals surface area contributed by atoms with E-state index in [9.17, 15) is 0 Å². The highest BCUT2D eigenvalue weighted by atomic mass is 32.2. The lowest BCUT2D eigenvalue weighted by Gasteiger charge is -1.88. The Bertz CT molecular complexity index is 369. The van der Waals surface area contributed by atoms with Gasteiger partial charge < -0.3 is 0 Å². The Labute approximate surface area is 73.1 Å². The molecule has 0 aliphatic carbocycles. The van der Waals surface area contributed by atoms with Gasteiger partial charge in [-0.05, 0) is 0 Å². The van der Waals surface area contributed by atoms with Crippen LogP contribution in [0.25, 0.3) is 11.3 Å². The lowest BCUT2D eigenvalue weighted by atomic mass is 10.2. The molecule has 0 radical (unpaired) electrons. The molecule has 0 bridgehead atoms. The number of benzene rings is 1. The largest absolute Gasteiger partial charge is 0.215 e. The number of rotatable bonds is 1. The average molecular weight is 178 g/mol. The van der Waals surface area contributed by atoms with E-state index >= 15 is 0 Å². The van der Waals surface area contributed by atoms with Crippen molar-refractivity contribution in [3.8, 4) is 11.3 Å². The van der Waals surface area contributed by atoms with Crippen LogP contribution < -0.4 is 5.14 Å². The van der Waals surface area contributed by atoms with Gasteiger partial charge in [0.2, 0.25) is 16.2 Å². The molecule has 2 aromatic rings. The second-order valence-corrected chi connectivity index (χ2v) is 3.49. The fraction of sp³-hybridized carbons (Fsp3) is 0. The Hall–Kier alpha value is -1.26. The number of nitrogen functional groups attached to an aromatic ring is 1. The van der Waals surface area contributed by atoms with Crippen molar-refractivity contribution in [2.75, 3.05) is 5.14 Å². The molecule has 0 spiro atoms. The SMILES string of the molecule is N[s+]1cc(-c2ccccc2)nn1. The van der Waals surface area contributed by atoms with Gasteiger partial charge in [-0.25, -0.2) is 0 Å². The lowest BCUT2D eigenvalue weighted by molar-refractivity contribution is 1.16. The molecule has 2 N–H and O–H groups in total. The molecule has 2 rings (SSSR count). The van der Waals surface area contributed by atoms with Gasteiger partial charge in [-0.15, -0.1) is 5.14 Å². The van der Waals surface area contributed by atoms with Crippen LogP contribution in [0.3, 0.4) is 0 Å². The zero-order chi connectivity index (χ0) is 8.39. The number of nitrogens with zero attached hydrogens (tertiary/aromatic N) is 2. The minimum absolute atomic E-state index is 0.507. The molecule has 60 valence electrons. The summed E-state index contributed by atoms with van der Waals surface area (Å²) in [6.07, 6.45) is 0. The zero-order valence-electron chi connectivity index (χ0n) is 6.34. The molecule has 3 nitrogen and oxygen atoms in total. The van der Waals surface area contributed by atoms with Crippen molar-refractivity contribution in [1.29, 1.82) is 0 Å². The van der Waals surface area contributed by atoms with Crippen LogP contribution in [0.4, 0.5) is 0 Å². The molecule has 1 aromatic heterocycles. The van der Waals surface area contributed by atoms with E-state index in [1.807, 2.05) is 35.7 Å². The lowest BCUT2D eigenvalue weighted by Crippen LogP contribution is -1.77. The molecule has 1 unspecified atom stereocenters. The summed E-state index contributed by atoms with van der Waals surface area (Å²) in [6.45, 7) is 0. The highest BCUT2D eigenvalue weighted by molar-refractivity contribution is 7.24. The van der Waals surface area contributed by atoms with Crippen LogP contribution in [-0.4, -0.2) is 9.59 Å². The Kier molecular flexibility index (Phi) is 1.85. The van der Waals surface area contributed by atoms with Gasteiger partial charge in [0.15, 0.2) is 5.69 Å². The van der Waals surface area contributed by atoms with E-state index in [1.54, 1.807) is 0 Å². The summed E-state index contributed by atoms with van der Waals surface area (Å²) in [5.74, 6) is 0. The minimum atomic E-state index is -0.507. The molecule has 0 fully saturated rings. The maximum Gasteiger partial charge on any atom is 0.215 e. The molecule has 0 aliphatic rings. The van der Waals surface area contributed by atoms with Gasteiger partial charge in [0.1, 0.15) is 0 Å². The van der Waals surface area contributed by atoms with E-state index in [4.69, 9.17) is 5.14 Å². The van der Waals surface area contributed by atoms with Crippen molar-refractivity contribution in [1.82, 2.24) is 9.59 Å². The first kappa shape index (κ1) is 7.39. The Morgan fingerprint density at radius 1 is 1.17 bits per heavy atom. The van der Waals surface area contributed by atoms with Crippen LogP contribution in [0.1, 0.15) is 0 Å². The maximum atomic E-state index is 5.55. The second-order valence-electron chi connectivity index (χ2n) is 2.40. The van der Waals surface area contributed by atoms with Crippen LogP contribution in [0, 0.1) is 0 Å². The second kappa shape index (κ2) is 3.00. The van der Waals surface area contributed by atoms with Gasteiger partial charge in [-0.3, -0.25) is 0 Å². The van der Waals surface area contributed by atoms with Gasteiger partial charge >= 0.3 is 0 Å². The normalized spacial score (nSPS) is 11.6. The molecule has 0 amide bonds. The van der Waals surface area contributed by atoms with Crippen molar-refractivity contribution < 1.29 is 0 Å². The third kappa shape index (κ3) is 1.34. The van der Waals surface area contributed by atoms with Crippen molar-refractivity contribution in [3.05, 3.63) is 35.7 Å². The van der Waals surface area contributed by atoms with E-state index in [0.717, 1.165) is 11.3 Å². The molecule has 1 aromatic carbocycles. The molecule has 1 atom stereocenters. The summed E-state index contributed by atoms with van der Waals surface area (Å²) in [5.41, 5.74) is 1.95. The highest BCUT2D eigenvalue weighted by Crippen LogP contribution is 2.18. The minimum Gasteiger partial charge on any atom is -0.107 e. The van der Waals surface area contributed by atoms with E-state index in [-0.39, 0.29) is 0 Å². The summed E-state index contributed by atoms with van der Waals surface area (Å²) >= 11 is 0. The van der Waals surface area contributed by atoms with E-state index in [1.165, 1.54) is 0 Å².